The van der Waals surface area contributed by atoms with Crippen molar-refractivity contribution in [3.05, 3.63) is 35.4 Å². The highest BCUT2D eigenvalue weighted by atomic mass is 32.2. The Balaban J connectivity index is 2.74. The second-order valence-electron chi connectivity index (χ2n) is 5.36. The predicted molar refractivity (Wildman–Crippen MR) is 89.1 cm³/mol. The van der Waals surface area contributed by atoms with Crippen LogP contribution >= 0.6 is 0 Å². The second-order valence-corrected chi connectivity index (χ2v) is 7.12. The Hall–Kier alpha value is -1.69. The molecule has 1 rings (SSSR count). The molecule has 22 heavy (non-hydrogen) atoms. The monoisotopic (exact) mass is 324 g/mol. The van der Waals surface area contributed by atoms with E-state index in [1.807, 2.05) is 13.0 Å². The Morgan fingerprint density at radius 3 is 2.59 bits per heavy atom. The third kappa shape index (κ3) is 5.26. The lowest BCUT2D eigenvalue weighted by Crippen LogP contribution is -2.36. The molecule has 0 heterocycles. The van der Waals surface area contributed by atoms with E-state index in [0.717, 1.165) is 12.0 Å². The molecular weight excluding hydrogens is 300 g/mol. The minimum Gasteiger partial charge on any atom is -0.355 e. The maximum Gasteiger partial charge on any atom is 0.253 e. The molecule has 0 saturated carbocycles. The van der Waals surface area contributed by atoms with Crippen molar-refractivity contribution in [3.63, 3.8) is 0 Å². The van der Waals surface area contributed by atoms with E-state index in [0.29, 0.717) is 12.1 Å². The molecule has 0 bridgehead atoms. The molecule has 0 aromatic heterocycles. The van der Waals surface area contributed by atoms with Gasteiger partial charge in [-0.3, -0.25) is 13.8 Å². The number of hydrogen-bond acceptors (Lipinski definition) is 3. The maximum absolute atomic E-state index is 12.3. The number of nitrogens with zero attached hydrogens (tertiary/aromatic N) is 1. The van der Waals surface area contributed by atoms with E-state index < -0.39 is 16.0 Å². The third-order valence-corrected chi connectivity index (χ3v) is 4.82. The van der Waals surface area contributed by atoms with Gasteiger partial charge in [-0.25, -0.2) is 0 Å². The van der Waals surface area contributed by atoms with E-state index in [2.05, 4.69) is 5.32 Å². The minimum atomic E-state index is -1.32. The lowest BCUT2D eigenvalue weighted by molar-refractivity contribution is -0.120. The SMILES string of the molecule is CCCNC(=O)C(C)S(=O)Cc1cccc(C(=O)N(C)C)c1. The number of rotatable bonds is 7. The quantitative estimate of drug-likeness (QED) is 0.827. The van der Waals surface area contributed by atoms with Crippen LogP contribution < -0.4 is 5.32 Å². The summed E-state index contributed by atoms with van der Waals surface area (Å²) < 4.78 is 12.3. The van der Waals surface area contributed by atoms with Gasteiger partial charge in [0.1, 0.15) is 5.25 Å². The van der Waals surface area contributed by atoms with Crippen LogP contribution in [-0.4, -0.2) is 46.8 Å². The zero-order chi connectivity index (χ0) is 16.7. The van der Waals surface area contributed by atoms with E-state index in [9.17, 15) is 13.8 Å². The number of carbonyl (C=O) groups excluding carboxylic acids is 2. The van der Waals surface area contributed by atoms with Crippen LogP contribution in [0.1, 0.15) is 36.2 Å². The molecule has 2 atom stereocenters. The van der Waals surface area contributed by atoms with Crippen LogP contribution in [0.2, 0.25) is 0 Å². The van der Waals surface area contributed by atoms with Gasteiger partial charge < -0.3 is 10.2 Å². The molecule has 0 radical (unpaired) electrons. The molecule has 1 N–H and O–H groups in total. The number of benzene rings is 1. The highest BCUT2D eigenvalue weighted by Crippen LogP contribution is 2.11. The largest absolute Gasteiger partial charge is 0.355 e. The number of carbonyl (C=O) groups is 2. The summed E-state index contributed by atoms with van der Waals surface area (Å²) in [5, 5.41) is 2.18. The fourth-order valence-corrected chi connectivity index (χ4v) is 2.93. The summed E-state index contributed by atoms with van der Waals surface area (Å²) in [4.78, 5) is 25.3. The Labute approximate surface area is 134 Å². The molecule has 0 saturated heterocycles. The summed E-state index contributed by atoms with van der Waals surface area (Å²) >= 11 is 0. The van der Waals surface area contributed by atoms with Gasteiger partial charge in [0.05, 0.1) is 0 Å². The van der Waals surface area contributed by atoms with Gasteiger partial charge in [0, 0.05) is 42.8 Å². The first-order chi connectivity index (χ1) is 10.4. The van der Waals surface area contributed by atoms with Gasteiger partial charge >= 0.3 is 0 Å². The predicted octanol–water partition coefficient (Wildman–Crippen LogP) is 1.55. The molecule has 5 nitrogen and oxygen atoms in total. The smallest absolute Gasteiger partial charge is 0.253 e. The number of hydrogen-bond donors (Lipinski definition) is 1. The minimum absolute atomic E-state index is 0.0960. The summed E-state index contributed by atoms with van der Waals surface area (Å²) in [5.41, 5.74) is 1.35. The second kappa shape index (κ2) is 8.68. The van der Waals surface area contributed by atoms with Crippen molar-refractivity contribution >= 4 is 22.6 Å². The van der Waals surface area contributed by atoms with E-state index >= 15 is 0 Å². The molecule has 1 aromatic rings. The highest BCUT2D eigenvalue weighted by molar-refractivity contribution is 7.85. The molecule has 122 valence electrons. The van der Waals surface area contributed by atoms with Crippen LogP contribution in [0.5, 0.6) is 0 Å². The van der Waals surface area contributed by atoms with E-state index in [-0.39, 0.29) is 17.6 Å². The summed E-state index contributed by atoms with van der Waals surface area (Å²) in [7, 11) is 2.06. The first kappa shape index (κ1) is 18.4. The molecule has 1 aromatic carbocycles. The fraction of sp³-hybridized carbons (Fsp3) is 0.500. The van der Waals surface area contributed by atoms with Crippen molar-refractivity contribution in [2.24, 2.45) is 0 Å². The van der Waals surface area contributed by atoms with Crippen LogP contribution in [0.3, 0.4) is 0 Å². The average molecular weight is 324 g/mol. The molecule has 2 unspecified atom stereocenters. The maximum atomic E-state index is 12.3. The van der Waals surface area contributed by atoms with Gasteiger partial charge in [-0.2, -0.15) is 0 Å². The number of nitrogens with one attached hydrogen (secondary N) is 1. The van der Waals surface area contributed by atoms with Gasteiger partial charge in [-0.15, -0.1) is 0 Å². The van der Waals surface area contributed by atoms with Crippen LogP contribution in [0.4, 0.5) is 0 Å². The van der Waals surface area contributed by atoms with Gasteiger partial charge in [0.25, 0.3) is 5.91 Å². The van der Waals surface area contributed by atoms with Gasteiger partial charge in [-0.1, -0.05) is 19.1 Å². The van der Waals surface area contributed by atoms with Crippen LogP contribution in [0.15, 0.2) is 24.3 Å². The van der Waals surface area contributed by atoms with Crippen molar-refractivity contribution in [1.29, 1.82) is 0 Å². The van der Waals surface area contributed by atoms with Gasteiger partial charge in [-0.05, 0) is 31.0 Å². The van der Waals surface area contributed by atoms with Crippen LogP contribution in [0.25, 0.3) is 0 Å². The van der Waals surface area contributed by atoms with Crippen LogP contribution in [-0.2, 0) is 21.3 Å². The third-order valence-electron chi connectivity index (χ3n) is 3.20. The summed E-state index contributed by atoms with van der Waals surface area (Å²) in [6.07, 6.45) is 0.847. The van der Waals surface area contributed by atoms with E-state index in [1.54, 1.807) is 39.2 Å². The Morgan fingerprint density at radius 1 is 1.32 bits per heavy atom. The van der Waals surface area contributed by atoms with E-state index in [1.165, 1.54) is 4.90 Å². The summed E-state index contributed by atoms with van der Waals surface area (Å²) in [5.74, 6) is -0.0306. The Kier molecular flexibility index (Phi) is 7.24. The molecular formula is C16H24N2O3S. The van der Waals surface area contributed by atoms with Gasteiger partial charge in [0.2, 0.25) is 5.91 Å². The average Bonchev–Trinajstić information content (AvgIpc) is 2.51. The molecule has 0 fully saturated rings. The molecule has 6 heteroatoms. The standard InChI is InChI=1S/C16H24N2O3S/c1-5-9-17-15(19)12(2)22(21)11-13-7-6-8-14(10-13)16(20)18(3)4/h6-8,10,12H,5,9,11H2,1-4H3,(H,17,19). The summed E-state index contributed by atoms with van der Waals surface area (Å²) in [6, 6.07) is 7.05. The number of amides is 2. The fourth-order valence-electron chi connectivity index (χ4n) is 1.85. The zero-order valence-corrected chi connectivity index (χ0v) is 14.4. The normalized spacial score (nSPS) is 13.3. The Bertz CT molecular complexity index is 558. The van der Waals surface area contributed by atoms with Crippen molar-refractivity contribution < 1.29 is 13.8 Å². The molecule has 0 spiro atoms. The van der Waals surface area contributed by atoms with E-state index in [4.69, 9.17) is 0 Å². The van der Waals surface area contributed by atoms with Gasteiger partial charge in [0.15, 0.2) is 0 Å². The molecule has 0 aliphatic rings. The summed E-state index contributed by atoms with van der Waals surface area (Å²) in [6.45, 7) is 4.22. The molecule has 0 aliphatic carbocycles. The zero-order valence-electron chi connectivity index (χ0n) is 13.6. The van der Waals surface area contributed by atoms with Crippen molar-refractivity contribution in [2.75, 3.05) is 20.6 Å². The first-order valence-corrected chi connectivity index (χ1v) is 8.70. The molecule has 2 amide bonds. The topological polar surface area (TPSA) is 66.5 Å². The van der Waals surface area contributed by atoms with Crippen molar-refractivity contribution in [3.8, 4) is 0 Å². The molecule has 0 aliphatic heterocycles. The van der Waals surface area contributed by atoms with Crippen molar-refractivity contribution in [2.45, 2.75) is 31.3 Å². The van der Waals surface area contributed by atoms with Crippen molar-refractivity contribution in [1.82, 2.24) is 10.2 Å². The lowest BCUT2D eigenvalue weighted by atomic mass is 10.1. The Morgan fingerprint density at radius 2 is 2.00 bits per heavy atom. The van der Waals surface area contributed by atoms with Crippen LogP contribution in [0, 0.1) is 0 Å². The first-order valence-electron chi connectivity index (χ1n) is 7.32. The lowest BCUT2D eigenvalue weighted by Gasteiger charge is -2.13. The highest BCUT2D eigenvalue weighted by Gasteiger charge is 2.20.